The molecule has 0 aliphatic carbocycles. The minimum absolute atomic E-state index is 0.00564. The van der Waals surface area contributed by atoms with E-state index in [0.717, 1.165) is 0 Å². The topological polar surface area (TPSA) is 35.2 Å². The van der Waals surface area contributed by atoms with Crippen LogP contribution in [0.4, 0.5) is 4.39 Å². The third kappa shape index (κ3) is 3.41. The van der Waals surface area contributed by atoms with Gasteiger partial charge in [-0.2, -0.15) is 0 Å². The molecule has 0 fully saturated rings. The minimum atomic E-state index is -0.573. The molecule has 0 aliphatic rings. The summed E-state index contributed by atoms with van der Waals surface area (Å²) in [5.74, 6) is 0.138. The van der Waals surface area contributed by atoms with Crippen molar-refractivity contribution in [3.8, 4) is 11.5 Å². The van der Waals surface area contributed by atoms with Crippen LogP contribution in [0.15, 0.2) is 34.8 Å². The van der Waals surface area contributed by atoms with Crippen LogP contribution in [-0.4, -0.2) is 4.99 Å². The Balaban J connectivity index is 2.33. The maximum Gasteiger partial charge on any atom is 0.145 e. The molecule has 2 N–H and O–H groups in total. The first-order valence-corrected chi connectivity index (χ1v) is 7.26. The molecule has 2 nitrogen and oxygen atoms in total. The lowest BCUT2D eigenvalue weighted by Crippen LogP contribution is -2.09. The predicted octanol–water partition coefficient (Wildman–Crippen LogP) is 5.32. The van der Waals surface area contributed by atoms with Gasteiger partial charge in [-0.05, 0) is 34.1 Å². The van der Waals surface area contributed by atoms with Gasteiger partial charge in [-0.3, -0.25) is 0 Å². The first kappa shape index (κ1) is 15.5. The zero-order valence-electron chi connectivity index (χ0n) is 9.79. The molecule has 0 heterocycles. The summed E-state index contributed by atoms with van der Waals surface area (Å²) in [5.41, 5.74) is 6.06. The van der Waals surface area contributed by atoms with Gasteiger partial charge in [-0.15, -0.1) is 0 Å². The monoisotopic (exact) mass is 393 g/mol. The molecule has 20 heavy (non-hydrogen) atoms. The Bertz CT molecular complexity index is 696. The van der Waals surface area contributed by atoms with E-state index in [4.69, 9.17) is 45.9 Å². The van der Waals surface area contributed by atoms with Crippen molar-refractivity contribution in [3.63, 3.8) is 0 Å². The van der Waals surface area contributed by atoms with E-state index in [-0.39, 0.29) is 15.8 Å². The standard InChI is InChI=1S/C13H7BrCl2FNOS/c14-8-4-10(16)11(17)5-12(8)19-6-1-2-7(13(18)20)9(15)3-6/h1-5H,(H2,18,20). The molecule has 104 valence electrons. The average Bonchev–Trinajstić information content (AvgIpc) is 2.35. The molecule has 7 heteroatoms. The first-order chi connectivity index (χ1) is 9.38. The number of ether oxygens (including phenoxy) is 1. The van der Waals surface area contributed by atoms with Crippen LogP contribution in [0.3, 0.4) is 0 Å². The minimum Gasteiger partial charge on any atom is -0.456 e. The molecule has 2 aromatic rings. The summed E-state index contributed by atoms with van der Waals surface area (Å²) in [7, 11) is 0. The third-order valence-electron chi connectivity index (χ3n) is 2.41. The van der Waals surface area contributed by atoms with Gasteiger partial charge in [0.25, 0.3) is 0 Å². The third-order valence-corrected chi connectivity index (χ3v) is 3.85. The summed E-state index contributed by atoms with van der Waals surface area (Å²) in [4.78, 5) is 0.195. The summed E-state index contributed by atoms with van der Waals surface area (Å²) >= 11 is 19.8. The van der Waals surface area contributed by atoms with Crippen LogP contribution in [0, 0.1) is 5.82 Å². The summed E-state index contributed by atoms with van der Waals surface area (Å²) in [6, 6.07) is 7.42. The van der Waals surface area contributed by atoms with Crippen molar-refractivity contribution in [1.29, 1.82) is 0 Å². The second-order valence-electron chi connectivity index (χ2n) is 3.80. The van der Waals surface area contributed by atoms with E-state index in [1.165, 1.54) is 12.1 Å². The zero-order chi connectivity index (χ0) is 14.9. The number of thiocarbonyl (C=S) groups is 1. The van der Waals surface area contributed by atoms with Crippen molar-refractivity contribution in [1.82, 2.24) is 0 Å². The first-order valence-electron chi connectivity index (χ1n) is 5.30. The molecule has 0 saturated carbocycles. The molecule has 0 spiro atoms. The number of rotatable bonds is 3. The Morgan fingerprint density at radius 2 is 1.90 bits per heavy atom. The summed E-state index contributed by atoms with van der Waals surface area (Å²) in [6.45, 7) is 0. The Kier molecular flexibility index (Phi) is 4.86. The molecular formula is C13H7BrCl2FNOS. The van der Waals surface area contributed by atoms with Gasteiger partial charge in [-0.25, -0.2) is 4.39 Å². The molecule has 0 aromatic heterocycles. The lowest BCUT2D eigenvalue weighted by Gasteiger charge is -2.10. The van der Waals surface area contributed by atoms with Crippen LogP contribution in [-0.2, 0) is 0 Å². The van der Waals surface area contributed by atoms with Crippen molar-refractivity contribution in [2.24, 2.45) is 5.73 Å². The van der Waals surface area contributed by atoms with Crippen LogP contribution in [0.25, 0.3) is 0 Å². The van der Waals surface area contributed by atoms with E-state index in [1.807, 2.05) is 0 Å². The maximum atomic E-state index is 13.4. The molecule has 0 bridgehead atoms. The molecule has 0 amide bonds. The SMILES string of the molecule is NC(=S)c1ccc(Oc2cc(F)c(Cl)cc2Br)cc1Cl. The molecular weight excluding hydrogens is 388 g/mol. The van der Waals surface area contributed by atoms with Gasteiger partial charge in [0.05, 0.1) is 14.5 Å². The molecule has 0 saturated heterocycles. The van der Waals surface area contributed by atoms with Crippen molar-refractivity contribution in [2.75, 3.05) is 0 Å². The number of halogens is 4. The van der Waals surface area contributed by atoms with E-state index < -0.39 is 5.82 Å². The van der Waals surface area contributed by atoms with E-state index >= 15 is 0 Å². The number of nitrogens with two attached hydrogens (primary N) is 1. The second kappa shape index (κ2) is 6.26. The van der Waals surface area contributed by atoms with Crippen LogP contribution in [0.1, 0.15) is 5.56 Å². The molecule has 2 aromatic carbocycles. The molecule has 2 rings (SSSR count). The largest absolute Gasteiger partial charge is 0.456 e. The van der Waals surface area contributed by atoms with Gasteiger partial charge in [0.1, 0.15) is 22.3 Å². The Hall–Kier alpha value is -0.880. The normalized spacial score (nSPS) is 10.4. The highest BCUT2D eigenvalue weighted by Gasteiger charge is 2.10. The highest BCUT2D eigenvalue weighted by Crippen LogP contribution is 2.34. The van der Waals surface area contributed by atoms with E-state index in [0.29, 0.717) is 20.8 Å². The van der Waals surface area contributed by atoms with Crippen LogP contribution in [0.5, 0.6) is 11.5 Å². The molecule has 0 atom stereocenters. The van der Waals surface area contributed by atoms with Gasteiger partial charge in [0.2, 0.25) is 0 Å². The van der Waals surface area contributed by atoms with Crippen LogP contribution < -0.4 is 10.5 Å². The average molecular weight is 395 g/mol. The molecule has 0 unspecified atom stereocenters. The lowest BCUT2D eigenvalue weighted by atomic mass is 10.2. The van der Waals surface area contributed by atoms with E-state index in [2.05, 4.69) is 15.9 Å². The van der Waals surface area contributed by atoms with Gasteiger partial charge in [0, 0.05) is 17.7 Å². The summed E-state index contributed by atoms with van der Waals surface area (Å²) in [6.07, 6.45) is 0. The van der Waals surface area contributed by atoms with Crippen molar-refractivity contribution >= 4 is 56.3 Å². The fourth-order valence-corrected chi connectivity index (χ4v) is 2.69. The quantitative estimate of drug-likeness (QED) is 0.565. The van der Waals surface area contributed by atoms with E-state index in [1.54, 1.807) is 18.2 Å². The number of hydrogen-bond acceptors (Lipinski definition) is 2. The Morgan fingerprint density at radius 1 is 1.20 bits per heavy atom. The lowest BCUT2D eigenvalue weighted by molar-refractivity contribution is 0.473. The van der Waals surface area contributed by atoms with Gasteiger partial charge in [-0.1, -0.05) is 35.4 Å². The summed E-state index contributed by atoms with van der Waals surface area (Å²) < 4.78 is 19.5. The van der Waals surface area contributed by atoms with Gasteiger partial charge >= 0.3 is 0 Å². The predicted molar refractivity (Wildman–Crippen MR) is 86.5 cm³/mol. The smallest absolute Gasteiger partial charge is 0.145 e. The fraction of sp³-hybridized carbons (Fsp3) is 0. The van der Waals surface area contributed by atoms with Crippen molar-refractivity contribution in [2.45, 2.75) is 0 Å². The highest BCUT2D eigenvalue weighted by atomic mass is 79.9. The van der Waals surface area contributed by atoms with Gasteiger partial charge < -0.3 is 10.5 Å². The number of hydrogen-bond donors (Lipinski definition) is 1. The van der Waals surface area contributed by atoms with Crippen LogP contribution in [0.2, 0.25) is 10.0 Å². The molecule has 0 radical (unpaired) electrons. The van der Waals surface area contributed by atoms with Crippen molar-refractivity contribution in [3.05, 3.63) is 56.2 Å². The molecule has 0 aliphatic heterocycles. The maximum absolute atomic E-state index is 13.4. The zero-order valence-corrected chi connectivity index (χ0v) is 13.7. The Morgan fingerprint density at radius 3 is 2.50 bits per heavy atom. The Labute approximate surface area is 138 Å². The highest BCUT2D eigenvalue weighted by molar-refractivity contribution is 9.10. The fourth-order valence-electron chi connectivity index (χ4n) is 1.47. The van der Waals surface area contributed by atoms with E-state index in [9.17, 15) is 4.39 Å². The van der Waals surface area contributed by atoms with Gasteiger partial charge in [0.15, 0.2) is 0 Å². The van der Waals surface area contributed by atoms with Crippen molar-refractivity contribution < 1.29 is 9.13 Å². The summed E-state index contributed by atoms with van der Waals surface area (Å²) in [5, 5.41) is 0.367. The number of benzene rings is 2. The second-order valence-corrected chi connectivity index (χ2v) is 5.91. The van der Waals surface area contributed by atoms with Crippen LogP contribution >= 0.6 is 51.3 Å².